The van der Waals surface area contributed by atoms with Gasteiger partial charge in [0.2, 0.25) is 0 Å². The van der Waals surface area contributed by atoms with Gasteiger partial charge in [-0.1, -0.05) is 43.3 Å². The second-order valence-corrected chi connectivity index (χ2v) is 10.2. The molecule has 5 rings (SSSR count). The topological polar surface area (TPSA) is 57.7 Å². The van der Waals surface area contributed by atoms with Gasteiger partial charge in [0.15, 0.2) is 0 Å². The second kappa shape index (κ2) is 11.6. The van der Waals surface area contributed by atoms with E-state index in [9.17, 15) is 4.79 Å². The summed E-state index contributed by atoms with van der Waals surface area (Å²) in [6.07, 6.45) is 2.77. The third-order valence-corrected chi connectivity index (χ3v) is 8.01. The number of ether oxygens (including phenoxy) is 1. The molecular formula is C30H32N4O2S. The number of carbonyl (C=O) groups excluding carboxylic acids is 1. The van der Waals surface area contributed by atoms with Crippen LogP contribution in [0.5, 0.6) is 5.75 Å². The van der Waals surface area contributed by atoms with Crippen molar-refractivity contribution in [2.24, 2.45) is 0 Å². The number of thiophene rings is 1. The standard InChI is InChI=1S/C30H32N4O2S/c1-3-25-21-26(30(37-25)32-29(35)23-9-5-4-6-10-23)28(22-12-14-24(36-2)15-13-22)34-19-17-33(18-20-34)27-11-7-8-16-31-27/h4-16,21,28H,3,17-20H2,1-2H3,(H,32,35). The van der Waals surface area contributed by atoms with Crippen molar-refractivity contribution in [2.45, 2.75) is 19.4 Å². The van der Waals surface area contributed by atoms with Gasteiger partial charge in [0, 0.05) is 48.4 Å². The molecule has 0 saturated carbocycles. The summed E-state index contributed by atoms with van der Waals surface area (Å²) < 4.78 is 5.43. The van der Waals surface area contributed by atoms with Crippen LogP contribution in [0.25, 0.3) is 0 Å². The molecule has 0 aliphatic carbocycles. The van der Waals surface area contributed by atoms with E-state index in [-0.39, 0.29) is 11.9 Å². The normalized spacial score (nSPS) is 14.8. The third kappa shape index (κ3) is 5.68. The van der Waals surface area contributed by atoms with E-state index in [1.54, 1.807) is 18.4 Å². The molecule has 1 fully saturated rings. The van der Waals surface area contributed by atoms with Crippen LogP contribution in [0.15, 0.2) is 85.1 Å². The monoisotopic (exact) mass is 512 g/mol. The summed E-state index contributed by atoms with van der Waals surface area (Å²) in [6, 6.07) is 26.1. The molecule has 1 amide bonds. The Morgan fingerprint density at radius 1 is 1.00 bits per heavy atom. The zero-order chi connectivity index (χ0) is 25.6. The van der Waals surface area contributed by atoms with E-state index in [1.807, 2.05) is 60.8 Å². The highest BCUT2D eigenvalue weighted by molar-refractivity contribution is 7.16. The molecule has 1 saturated heterocycles. The van der Waals surface area contributed by atoms with Crippen molar-refractivity contribution in [3.63, 3.8) is 0 Å². The number of piperazine rings is 1. The van der Waals surface area contributed by atoms with Crippen LogP contribution in [-0.4, -0.2) is 49.1 Å². The molecule has 4 aromatic rings. The van der Waals surface area contributed by atoms with Gasteiger partial charge in [-0.25, -0.2) is 4.98 Å². The first kappa shape index (κ1) is 25.0. The van der Waals surface area contributed by atoms with E-state index < -0.39 is 0 Å². The Bertz CT molecular complexity index is 1300. The van der Waals surface area contributed by atoms with E-state index >= 15 is 0 Å². The van der Waals surface area contributed by atoms with Gasteiger partial charge in [-0.05, 0) is 54.4 Å². The summed E-state index contributed by atoms with van der Waals surface area (Å²) in [6.45, 7) is 5.71. The lowest BCUT2D eigenvalue weighted by molar-refractivity contribution is 0.102. The number of rotatable bonds is 8. The SMILES string of the molecule is CCc1cc(C(c2ccc(OC)cc2)N2CCN(c3ccccn3)CC2)c(NC(=O)c2ccccc2)s1. The van der Waals surface area contributed by atoms with Crippen LogP contribution in [0.2, 0.25) is 0 Å². The number of amides is 1. The minimum absolute atomic E-state index is 0.0133. The van der Waals surface area contributed by atoms with Gasteiger partial charge in [-0.3, -0.25) is 9.69 Å². The molecule has 1 unspecified atom stereocenters. The number of pyridine rings is 1. The smallest absolute Gasteiger partial charge is 0.256 e. The lowest BCUT2D eigenvalue weighted by atomic mass is 9.97. The number of anilines is 2. The quantitative estimate of drug-likeness (QED) is 0.320. The van der Waals surface area contributed by atoms with Crippen molar-refractivity contribution >= 4 is 28.1 Å². The molecule has 0 radical (unpaired) electrons. The van der Waals surface area contributed by atoms with Crippen molar-refractivity contribution in [3.05, 3.63) is 107 Å². The van der Waals surface area contributed by atoms with Gasteiger partial charge in [0.05, 0.1) is 13.2 Å². The number of methoxy groups -OCH3 is 1. The van der Waals surface area contributed by atoms with Crippen molar-refractivity contribution in [1.82, 2.24) is 9.88 Å². The minimum atomic E-state index is -0.0835. The molecule has 37 heavy (non-hydrogen) atoms. The van der Waals surface area contributed by atoms with E-state index in [1.165, 1.54) is 10.4 Å². The molecule has 1 aliphatic heterocycles. The molecule has 1 atom stereocenters. The molecule has 2 aromatic carbocycles. The van der Waals surface area contributed by atoms with E-state index in [2.05, 4.69) is 51.3 Å². The van der Waals surface area contributed by atoms with Crippen LogP contribution in [0.4, 0.5) is 10.8 Å². The Labute approximate surface area is 222 Å². The maximum absolute atomic E-state index is 13.1. The highest BCUT2D eigenvalue weighted by atomic mass is 32.1. The molecular weight excluding hydrogens is 480 g/mol. The molecule has 0 bridgehead atoms. The van der Waals surface area contributed by atoms with Gasteiger partial charge in [0.1, 0.15) is 16.6 Å². The molecule has 1 aliphatic rings. The average molecular weight is 513 g/mol. The van der Waals surface area contributed by atoms with Crippen LogP contribution >= 0.6 is 11.3 Å². The molecule has 190 valence electrons. The fourth-order valence-electron chi connectivity index (χ4n) is 4.82. The fraction of sp³-hybridized carbons (Fsp3) is 0.267. The van der Waals surface area contributed by atoms with Gasteiger partial charge >= 0.3 is 0 Å². The highest BCUT2D eigenvalue weighted by Crippen LogP contribution is 2.40. The van der Waals surface area contributed by atoms with Gasteiger partial charge in [-0.15, -0.1) is 11.3 Å². The number of carbonyl (C=O) groups is 1. The van der Waals surface area contributed by atoms with Crippen LogP contribution in [0, 0.1) is 0 Å². The summed E-state index contributed by atoms with van der Waals surface area (Å²) in [5, 5.41) is 4.15. The predicted octanol–water partition coefficient (Wildman–Crippen LogP) is 5.88. The molecule has 3 heterocycles. The lowest BCUT2D eigenvalue weighted by Gasteiger charge is -2.40. The first-order valence-corrected chi connectivity index (χ1v) is 13.5. The summed E-state index contributed by atoms with van der Waals surface area (Å²) in [5.74, 6) is 1.77. The Hall–Kier alpha value is -3.68. The highest BCUT2D eigenvalue weighted by Gasteiger charge is 2.30. The number of nitrogens with zero attached hydrogens (tertiary/aromatic N) is 3. The van der Waals surface area contributed by atoms with Crippen LogP contribution in [0.1, 0.15) is 39.3 Å². The number of nitrogens with one attached hydrogen (secondary N) is 1. The predicted molar refractivity (Wildman–Crippen MR) is 151 cm³/mol. The number of hydrogen-bond acceptors (Lipinski definition) is 6. The van der Waals surface area contributed by atoms with E-state index in [0.717, 1.165) is 54.7 Å². The summed E-state index contributed by atoms with van der Waals surface area (Å²) in [7, 11) is 1.69. The molecule has 7 heteroatoms. The van der Waals surface area contributed by atoms with Crippen molar-refractivity contribution < 1.29 is 9.53 Å². The fourth-order valence-corrected chi connectivity index (χ4v) is 5.85. The first-order chi connectivity index (χ1) is 18.2. The van der Waals surface area contributed by atoms with Gasteiger partial charge in [-0.2, -0.15) is 0 Å². The minimum Gasteiger partial charge on any atom is -0.497 e. The Morgan fingerprint density at radius 3 is 2.38 bits per heavy atom. The Kier molecular flexibility index (Phi) is 7.82. The largest absolute Gasteiger partial charge is 0.497 e. The van der Waals surface area contributed by atoms with Gasteiger partial charge in [0.25, 0.3) is 5.91 Å². The number of aromatic nitrogens is 1. The maximum Gasteiger partial charge on any atom is 0.256 e. The van der Waals surface area contributed by atoms with Crippen molar-refractivity contribution in [2.75, 3.05) is 43.5 Å². The molecule has 2 aromatic heterocycles. The zero-order valence-corrected chi connectivity index (χ0v) is 22.1. The first-order valence-electron chi connectivity index (χ1n) is 12.7. The second-order valence-electron chi connectivity index (χ2n) is 9.06. The third-order valence-electron chi connectivity index (χ3n) is 6.80. The number of aryl methyl sites for hydroxylation is 1. The summed E-state index contributed by atoms with van der Waals surface area (Å²) in [5.41, 5.74) is 2.98. The Morgan fingerprint density at radius 2 is 1.73 bits per heavy atom. The van der Waals surface area contributed by atoms with Crippen LogP contribution < -0.4 is 15.0 Å². The number of hydrogen-bond donors (Lipinski definition) is 1. The molecule has 6 nitrogen and oxygen atoms in total. The number of benzene rings is 2. The Balaban J connectivity index is 1.47. The molecule has 0 spiro atoms. The van der Waals surface area contributed by atoms with Crippen molar-refractivity contribution in [3.8, 4) is 5.75 Å². The average Bonchev–Trinajstić information content (AvgIpc) is 3.37. The van der Waals surface area contributed by atoms with E-state index in [4.69, 9.17) is 4.74 Å². The lowest BCUT2D eigenvalue weighted by Crippen LogP contribution is -2.48. The zero-order valence-electron chi connectivity index (χ0n) is 21.3. The summed E-state index contributed by atoms with van der Waals surface area (Å²) in [4.78, 5) is 23.8. The van der Waals surface area contributed by atoms with E-state index in [0.29, 0.717) is 5.56 Å². The van der Waals surface area contributed by atoms with Crippen molar-refractivity contribution in [1.29, 1.82) is 0 Å². The molecule has 1 N–H and O–H groups in total. The maximum atomic E-state index is 13.1. The van der Waals surface area contributed by atoms with Crippen LogP contribution in [0.3, 0.4) is 0 Å². The summed E-state index contributed by atoms with van der Waals surface area (Å²) >= 11 is 1.67. The van der Waals surface area contributed by atoms with Crippen LogP contribution in [-0.2, 0) is 6.42 Å². The van der Waals surface area contributed by atoms with Gasteiger partial charge < -0.3 is 15.0 Å².